The van der Waals surface area contributed by atoms with Gasteiger partial charge in [0.25, 0.3) is 0 Å². The number of hydrogen-bond acceptors (Lipinski definition) is 7. The average molecular weight is 421 g/mol. The van der Waals surface area contributed by atoms with Gasteiger partial charge in [0, 0.05) is 6.42 Å². The fourth-order valence-electron chi connectivity index (χ4n) is 3.31. The molecule has 9 nitrogen and oxygen atoms in total. The van der Waals surface area contributed by atoms with E-state index in [1.54, 1.807) is 10.9 Å². The molecule has 0 saturated heterocycles. The summed E-state index contributed by atoms with van der Waals surface area (Å²) in [5.41, 5.74) is 8.17. The van der Waals surface area contributed by atoms with Crippen molar-refractivity contribution in [3.05, 3.63) is 53.9 Å². The zero-order valence-electron chi connectivity index (χ0n) is 17.1. The fraction of sp³-hybridized carbons (Fsp3) is 0.273. The Balaban J connectivity index is 1.51. The summed E-state index contributed by atoms with van der Waals surface area (Å²) in [7, 11) is 0. The molecule has 9 heteroatoms. The summed E-state index contributed by atoms with van der Waals surface area (Å²) in [6.07, 6.45) is 3.14. The second-order valence-corrected chi connectivity index (χ2v) is 7.23. The Morgan fingerprint density at radius 2 is 2.10 bits per heavy atom. The molecule has 160 valence electrons. The number of hydrogen-bond donors (Lipinski definition) is 2. The fourth-order valence-corrected chi connectivity index (χ4v) is 3.31. The molecule has 0 atom stereocenters. The lowest BCUT2D eigenvalue weighted by molar-refractivity contribution is -0.137. The van der Waals surface area contributed by atoms with E-state index in [-0.39, 0.29) is 12.4 Å². The Morgan fingerprint density at radius 1 is 1.23 bits per heavy atom. The van der Waals surface area contributed by atoms with Crippen molar-refractivity contribution in [2.45, 2.75) is 32.7 Å². The van der Waals surface area contributed by atoms with Gasteiger partial charge in [0.1, 0.15) is 17.2 Å². The van der Waals surface area contributed by atoms with Crippen LogP contribution in [-0.2, 0) is 11.3 Å². The quantitative estimate of drug-likeness (QED) is 0.392. The molecular weight excluding hydrogens is 398 g/mol. The standard InChI is InChI=1S/C22H23N5O4/c1-14-8-9-18(31-14)20-17-12-24-27(21(17)26-22(23)25-20)13-15-5-4-6-16(11-15)30-10-3-2-7-19(28)29/h4-6,8-9,11-12H,2-3,7,10,13H2,1H3,(H,28,29)(H2,23,25,26). The number of unbranched alkanes of at least 4 members (excludes halogenated alkanes) is 1. The van der Waals surface area contributed by atoms with Gasteiger partial charge in [-0.2, -0.15) is 10.1 Å². The van der Waals surface area contributed by atoms with E-state index in [0.29, 0.717) is 43.1 Å². The topological polar surface area (TPSA) is 129 Å². The first-order chi connectivity index (χ1) is 15.0. The Bertz CT molecular complexity index is 1210. The highest BCUT2D eigenvalue weighted by molar-refractivity contribution is 5.89. The second kappa shape index (κ2) is 8.86. The number of anilines is 1. The third-order valence-electron chi connectivity index (χ3n) is 4.77. The predicted molar refractivity (Wildman–Crippen MR) is 115 cm³/mol. The molecule has 0 amide bonds. The molecule has 0 fully saturated rings. The number of ether oxygens (including phenoxy) is 1. The number of rotatable bonds is 9. The molecule has 0 aliphatic rings. The predicted octanol–water partition coefficient (Wildman–Crippen LogP) is 3.66. The van der Waals surface area contributed by atoms with E-state index in [2.05, 4.69) is 15.1 Å². The van der Waals surface area contributed by atoms with Crippen molar-refractivity contribution in [1.82, 2.24) is 19.7 Å². The van der Waals surface area contributed by atoms with E-state index in [1.165, 1.54) is 0 Å². The van der Waals surface area contributed by atoms with E-state index in [4.69, 9.17) is 20.0 Å². The first-order valence-corrected chi connectivity index (χ1v) is 9.99. The Morgan fingerprint density at radius 3 is 2.87 bits per heavy atom. The molecule has 0 aliphatic heterocycles. The molecule has 0 unspecified atom stereocenters. The van der Waals surface area contributed by atoms with Crippen LogP contribution in [-0.4, -0.2) is 37.4 Å². The van der Waals surface area contributed by atoms with Gasteiger partial charge in [-0.15, -0.1) is 0 Å². The van der Waals surface area contributed by atoms with Gasteiger partial charge in [0.15, 0.2) is 11.4 Å². The maximum atomic E-state index is 10.6. The summed E-state index contributed by atoms with van der Waals surface area (Å²) >= 11 is 0. The summed E-state index contributed by atoms with van der Waals surface area (Å²) in [4.78, 5) is 19.3. The first kappa shape index (κ1) is 20.4. The number of nitrogens with two attached hydrogens (primary N) is 1. The van der Waals surface area contributed by atoms with Gasteiger partial charge >= 0.3 is 5.97 Å². The molecule has 3 aromatic heterocycles. The molecule has 0 radical (unpaired) electrons. The molecule has 0 saturated carbocycles. The number of fused-ring (bicyclic) bond motifs is 1. The third-order valence-corrected chi connectivity index (χ3v) is 4.77. The largest absolute Gasteiger partial charge is 0.494 e. The Labute approximate surface area is 178 Å². The number of nitrogens with zero attached hydrogens (tertiary/aromatic N) is 4. The van der Waals surface area contributed by atoms with Crippen LogP contribution in [0.1, 0.15) is 30.6 Å². The number of furan rings is 1. The van der Waals surface area contributed by atoms with Crippen LogP contribution < -0.4 is 10.5 Å². The number of carboxylic acids is 1. The number of nitrogen functional groups attached to an aromatic ring is 1. The molecule has 4 aromatic rings. The Hall–Kier alpha value is -3.88. The van der Waals surface area contributed by atoms with Crippen molar-refractivity contribution in [3.63, 3.8) is 0 Å². The van der Waals surface area contributed by atoms with Crippen molar-refractivity contribution in [1.29, 1.82) is 0 Å². The molecule has 31 heavy (non-hydrogen) atoms. The summed E-state index contributed by atoms with van der Waals surface area (Å²) in [6.45, 7) is 2.82. The minimum Gasteiger partial charge on any atom is -0.494 e. The number of aliphatic carboxylic acids is 1. The van der Waals surface area contributed by atoms with Crippen LogP contribution >= 0.6 is 0 Å². The number of aromatic nitrogens is 4. The lowest BCUT2D eigenvalue weighted by atomic mass is 10.2. The summed E-state index contributed by atoms with van der Waals surface area (Å²) in [6, 6.07) is 11.4. The maximum absolute atomic E-state index is 10.6. The van der Waals surface area contributed by atoms with Crippen molar-refractivity contribution >= 4 is 23.0 Å². The van der Waals surface area contributed by atoms with Crippen LogP contribution in [0.2, 0.25) is 0 Å². The molecule has 0 bridgehead atoms. The summed E-state index contributed by atoms with van der Waals surface area (Å²) in [5.74, 6) is 1.49. The monoisotopic (exact) mass is 421 g/mol. The number of aryl methyl sites for hydroxylation is 1. The van der Waals surface area contributed by atoms with Gasteiger partial charge in [0.05, 0.1) is 24.7 Å². The normalized spacial score (nSPS) is 11.1. The average Bonchev–Trinajstić information content (AvgIpc) is 3.34. The zero-order chi connectivity index (χ0) is 21.8. The number of carboxylic acid groups (broad SMARTS) is 1. The van der Waals surface area contributed by atoms with Crippen LogP contribution in [0, 0.1) is 6.92 Å². The van der Waals surface area contributed by atoms with Gasteiger partial charge < -0.3 is 20.0 Å². The molecular formula is C22H23N5O4. The van der Waals surface area contributed by atoms with Crippen molar-refractivity contribution < 1.29 is 19.1 Å². The molecule has 0 spiro atoms. The van der Waals surface area contributed by atoms with Gasteiger partial charge in [0.2, 0.25) is 5.95 Å². The van der Waals surface area contributed by atoms with Gasteiger partial charge in [-0.3, -0.25) is 4.79 Å². The zero-order valence-corrected chi connectivity index (χ0v) is 17.1. The van der Waals surface area contributed by atoms with Crippen molar-refractivity contribution in [3.8, 4) is 17.2 Å². The third kappa shape index (κ3) is 4.82. The highest BCUT2D eigenvalue weighted by atomic mass is 16.5. The van der Waals surface area contributed by atoms with Crippen LogP contribution in [0.4, 0.5) is 5.95 Å². The minimum atomic E-state index is -0.789. The lowest BCUT2D eigenvalue weighted by Crippen LogP contribution is -2.05. The van der Waals surface area contributed by atoms with Gasteiger partial charge in [-0.25, -0.2) is 9.67 Å². The van der Waals surface area contributed by atoms with Crippen molar-refractivity contribution in [2.75, 3.05) is 12.3 Å². The van der Waals surface area contributed by atoms with E-state index >= 15 is 0 Å². The minimum absolute atomic E-state index is 0.150. The molecule has 3 heterocycles. The first-order valence-electron chi connectivity index (χ1n) is 9.99. The van der Waals surface area contributed by atoms with Crippen LogP contribution in [0.5, 0.6) is 5.75 Å². The SMILES string of the molecule is Cc1ccc(-c2nc(N)nc3c2cnn3Cc2cccc(OCCCCC(=O)O)c2)o1. The highest BCUT2D eigenvalue weighted by Gasteiger charge is 2.16. The molecule has 0 aliphatic carbocycles. The number of carbonyl (C=O) groups is 1. The summed E-state index contributed by atoms with van der Waals surface area (Å²) in [5, 5.41) is 13.9. The Kier molecular flexibility index (Phi) is 5.83. The van der Waals surface area contributed by atoms with E-state index in [9.17, 15) is 4.79 Å². The van der Waals surface area contributed by atoms with Crippen LogP contribution in [0.25, 0.3) is 22.5 Å². The van der Waals surface area contributed by atoms with Gasteiger partial charge in [-0.1, -0.05) is 12.1 Å². The maximum Gasteiger partial charge on any atom is 0.303 e. The van der Waals surface area contributed by atoms with Crippen LogP contribution in [0.15, 0.2) is 47.0 Å². The van der Waals surface area contributed by atoms with Crippen LogP contribution in [0.3, 0.4) is 0 Å². The molecule has 4 rings (SSSR count). The molecule has 3 N–H and O–H groups in total. The lowest BCUT2D eigenvalue weighted by Gasteiger charge is -2.09. The molecule has 1 aromatic carbocycles. The van der Waals surface area contributed by atoms with E-state index in [1.807, 2.05) is 43.3 Å². The second-order valence-electron chi connectivity index (χ2n) is 7.23. The van der Waals surface area contributed by atoms with Crippen molar-refractivity contribution in [2.24, 2.45) is 0 Å². The van der Waals surface area contributed by atoms with E-state index < -0.39 is 5.97 Å². The van der Waals surface area contributed by atoms with Gasteiger partial charge in [-0.05, 0) is 49.6 Å². The highest BCUT2D eigenvalue weighted by Crippen LogP contribution is 2.28. The summed E-state index contributed by atoms with van der Waals surface area (Å²) < 4.78 is 13.2. The number of benzene rings is 1. The smallest absolute Gasteiger partial charge is 0.303 e. The van der Waals surface area contributed by atoms with E-state index in [0.717, 1.165) is 22.5 Å².